The third-order valence-corrected chi connectivity index (χ3v) is 4.43. The molecule has 0 aliphatic carbocycles. The van der Waals surface area contributed by atoms with E-state index in [0.717, 1.165) is 31.5 Å². The van der Waals surface area contributed by atoms with Gasteiger partial charge in [0.25, 0.3) is 5.91 Å². The van der Waals surface area contributed by atoms with Crippen molar-refractivity contribution >= 4 is 17.5 Å². The summed E-state index contributed by atoms with van der Waals surface area (Å²) in [7, 11) is 1.58. The fourth-order valence-corrected chi connectivity index (χ4v) is 3.02. The molecule has 1 aromatic carbocycles. The number of aromatic nitrogens is 2. The van der Waals surface area contributed by atoms with Crippen LogP contribution in [0, 0.1) is 0 Å². The van der Waals surface area contributed by atoms with Gasteiger partial charge in [-0.3, -0.25) is 9.48 Å². The van der Waals surface area contributed by atoms with E-state index in [2.05, 4.69) is 15.7 Å². The fraction of sp³-hybridized carbons (Fsp3) is 0.412. The number of nitrogens with one attached hydrogen (secondary N) is 2. The number of piperidine rings is 1. The number of amides is 1. The first-order valence-corrected chi connectivity index (χ1v) is 8.40. The van der Waals surface area contributed by atoms with Crippen LogP contribution in [0.25, 0.3) is 0 Å². The van der Waals surface area contributed by atoms with Gasteiger partial charge in [-0.05, 0) is 31.5 Å². The normalized spacial score (nSPS) is 17.5. The van der Waals surface area contributed by atoms with Crippen molar-refractivity contribution in [1.29, 1.82) is 0 Å². The highest BCUT2D eigenvalue weighted by Gasteiger charge is 2.17. The maximum atomic E-state index is 12.3. The van der Waals surface area contributed by atoms with E-state index in [1.807, 2.05) is 16.9 Å². The predicted molar refractivity (Wildman–Crippen MR) is 92.5 cm³/mol. The standard InChI is InChI=1S/C17H21ClN4O2/c1-24-16-7-14(18)5-4-12(16)8-20-17(23)13-9-21-22(11-13)15-3-2-6-19-10-15/h4-5,7,9,11,15,19H,2-3,6,8,10H2,1H3,(H,20,23). The topological polar surface area (TPSA) is 68.2 Å². The molecule has 0 radical (unpaired) electrons. The van der Waals surface area contributed by atoms with Crippen molar-refractivity contribution in [1.82, 2.24) is 20.4 Å². The van der Waals surface area contributed by atoms with Gasteiger partial charge in [0.05, 0.1) is 24.9 Å². The van der Waals surface area contributed by atoms with Gasteiger partial charge in [-0.25, -0.2) is 0 Å². The van der Waals surface area contributed by atoms with Crippen LogP contribution in [0.15, 0.2) is 30.6 Å². The number of nitrogens with zero attached hydrogens (tertiary/aromatic N) is 2. The Bertz CT molecular complexity index is 710. The molecule has 1 aliphatic rings. The quantitative estimate of drug-likeness (QED) is 0.870. The molecule has 0 bridgehead atoms. The van der Waals surface area contributed by atoms with Crippen molar-refractivity contribution in [2.45, 2.75) is 25.4 Å². The van der Waals surface area contributed by atoms with Gasteiger partial charge in [0.1, 0.15) is 5.75 Å². The van der Waals surface area contributed by atoms with Crippen LogP contribution in [-0.2, 0) is 6.54 Å². The highest BCUT2D eigenvalue weighted by atomic mass is 35.5. The Balaban J connectivity index is 1.62. The number of ether oxygens (including phenoxy) is 1. The molecule has 128 valence electrons. The Hall–Kier alpha value is -2.05. The zero-order chi connectivity index (χ0) is 16.9. The second kappa shape index (κ2) is 7.68. The van der Waals surface area contributed by atoms with E-state index in [1.54, 1.807) is 25.4 Å². The fourth-order valence-electron chi connectivity index (χ4n) is 2.86. The Morgan fingerprint density at radius 1 is 1.54 bits per heavy atom. The Morgan fingerprint density at radius 2 is 2.42 bits per heavy atom. The summed E-state index contributed by atoms with van der Waals surface area (Å²) < 4.78 is 7.17. The van der Waals surface area contributed by atoms with Crippen molar-refractivity contribution < 1.29 is 9.53 Å². The Kier molecular flexibility index (Phi) is 5.37. The summed E-state index contributed by atoms with van der Waals surface area (Å²) in [5.41, 5.74) is 1.44. The zero-order valence-electron chi connectivity index (χ0n) is 13.6. The van der Waals surface area contributed by atoms with Crippen LogP contribution in [0.4, 0.5) is 0 Å². The minimum atomic E-state index is -0.151. The van der Waals surface area contributed by atoms with Crippen molar-refractivity contribution in [2.24, 2.45) is 0 Å². The number of methoxy groups -OCH3 is 1. The van der Waals surface area contributed by atoms with Crippen LogP contribution >= 0.6 is 11.6 Å². The first-order valence-electron chi connectivity index (χ1n) is 8.03. The van der Waals surface area contributed by atoms with Crippen molar-refractivity contribution in [3.8, 4) is 5.75 Å². The second-order valence-corrected chi connectivity index (χ2v) is 6.28. The minimum absolute atomic E-state index is 0.151. The van der Waals surface area contributed by atoms with Crippen LogP contribution in [0.2, 0.25) is 5.02 Å². The third kappa shape index (κ3) is 3.88. The Morgan fingerprint density at radius 3 is 3.17 bits per heavy atom. The molecular weight excluding hydrogens is 328 g/mol. The molecule has 7 heteroatoms. The lowest BCUT2D eigenvalue weighted by Gasteiger charge is -2.22. The van der Waals surface area contributed by atoms with Gasteiger partial charge in [-0.15, -0.1) is 0 Å². The summed E-state index contributed by atoms with van der Waals surface area (Å²) in [6, 6.07) is 5.67. The largest absolute Gasteiger partial charge is 0.496 e. The molecule has 2 aromatic rings. The summed E-state index contributed by atoms with van der Waals surface area (Å²) >= 11 is 5.95. The lowest BCUT2D eigenvalue weighted by Crippen LogP contribution is -2.31. The molecule has 1 atom stereocenters. The van der Waals surface area contributed by atoms with Crippen LogP contribution in [0.5, 0.6) is 5.75 Å². The Labute approximate surface area is 146 Å². The first-order chi connectivity index (χ1) is 11.7. The molecule has 2 heterocycles. The van der Waals surface area contributed by atoms with E-state index in [9.17, 15) is 4.79 Å². The average Bonchev–Trinajstić information content (AvgIpc) is 3.11. The molecule has 1 aromatic heterocycles. The zero-order valence-corrected chi connectivity index (χ0v) is 14.3. The van der Waals surface area contributed by atoms with Crippen LogP contribution in [0.1, 0.15) is 34.8 Å². The lowest BCUT2D eigenvalue weighted by atomic mass is 10.1. The van der Waals surface area contributed by atoms with E-state index in [4.69, 9.17) is 16.3 Å². The van der Waals surface area contributed by atoms with Crippen molar-refractivity contribution in [3.63, 3.8) is 0 Å². The number of rotatable bonds is 5. The summed E-state index contributed by atoms with van der Waals surface area (Å²) in [6.07, 6.45) is 5.63. The van der Waals surface area contributed by atoms with Gasteiger partial charge in [-0.2, -0.15) is 5.10 Å². The maximum absolute atomic E-state index is 12.3. The number of halogens is 1. The minimum Gasteiger partial charge on any atom is -0.496 e. The molecule has 24 heavy (non-hydrogen) atoms. The number of benzene rings is 1. The van der Waals surface area contributed by atoms with Crippen LogP contribution in [-0.4, -0.2) is 35.9 Å². The molecule has 1 fully saturated rings. The van der Waals surface area contributed by atoms with Gasteiger partial charge in [-0.1, -0.05) is 17.7 Å². The van der Waals surface area contributed by atoms with Crippen molar-refractivity contribution in [3.05, 3.63) is 46.7 Å². The van der Waals surface area contributed by atoms with Gasteiger partial charge in [0.2, 0.25) is 0 Å². The van der Waals surface area contributed by atoms with Gasteiger partial charge >= 0.3 is 0 Å². The molecule has 1 aliphatic heterocycles. The van der Waals surface area contributed by atoms with Gasteiger partial charge in [0.15, 0.2) is 0 Å². The third-order valence-electron chi connectivity index (χ3n) is 4.20. The second-order valence-electron chi connectivity index (χ2n) is 5.85. The summed E-state index contributed by atoms with van der Waals surface area (Å²) in [6.45, 7) is 2.31. The number of carbonyl (C=O) groups is 1. The van der Waals surface area contributed by atoms with E-state index < -0.39 is 0 Å². The number of hydrogen-bond acceptors (Lipinski definition) is 4. The van der Waals surface area contributed by atoms with E-state index >= 15 is 0 Å². The predicted octanol–water partition coefficient (Wildman–Crippen LogP) is 2.40. The molecule has 0 spiro atoms. The van der Waals surface area contributed by atoms with E-state index in [0.29, 0.717) is 28.9 Å². The number of hydrogen-bond donors (Lipinski definition) is 2. The highest BCUT2D eigenvalue weighted by molar-refractivity contribution is 6.30. The molecule has 3 rings (SSSR count). The first kappa shape index (κ1) is 16.8. The molecule has 1 saturated heterocycles. The molecular formula is C17H21ClN4O2. The van der Waals surface area contributed by atoms with Crippen LogP contribution < -0.4 is 15.4 Å². The summed E-state index contributed by atoms with van der Waals surface area (Å²) in [5, 5.41) is 11.2. The van der Waals surface area contributed by atoms with E-state index in [-0.39, 0.29) is 5.91 Å². The molecule has 2 N–H and O–H groups in total. The number of carbonyl (C=O) groups excluding carboxylic acids is 1. The molecule has 1 unspecified atom stereocenters. The molecule has 6 nitrogen and oxygen atoms in total. The summed E-state index contributed by atoms with van der Waals surface area (Å²) in [4.78, 5) is 12.3. The van der Waals surface area contributed by atoms with Crippen molar-refractivity contribution in [2.75, 3.05) is 20.2 Å². The SMILES string of the molecule is COc1cc(Cl)ccc1CNC(=O)c1cnn(C2CCCNC2)c1. The van der Waals surface area contributed by atoms with Gasteiger partial charge in [0, 0.05) is 29.9 Å². The highest BCUT2D eigenvalue weighted by Crippen LogP contribution is 2.23. The summed E-state index contributed by atoms with van der Waals surface area (Å²) in [5.74, 6) is 0.508. The van der Waals surface area contributed by atoms with Gasteiger partial charge < -0.3 is 15.4 Å². The molecule has 0 saturated carbocycles. The average molecular weight is 349 g/mol. The molecule has 1 amide bonds. The maximum Gasteiger partial charge on any atom is 0.254 e. The lowest BCUT2D eigenvalue weighted by molar-refractivity contribution is 0.0950. The van der Waals surface area contributed by atoms with E-state index in [1.165, 1.54) is 0 Å². The smallest absolute Gasteiger partial charge is 0.254 e. The van der Waals surface area contributed by atoms with Crippen LogP contribution in [0.3, 0.4) is 0 Å². The monoisotopic (exact) mass is 348 g/mol.